The van der Waals surface area contributed by atoms with Gasteiger partial charge < -0.3 is 20.7 Å². The Bertz CT molecular complexity index is 737. The van der Waals surface area contributed by atoms with E-state index in [1.54, 1.807) is 23.7 Å². The molecule has 0 aliphatic rings. The summed E-state index contributed by atoms with van der Waals surface area (Å²) in [6.45, 7) is 2.66. The van der Waals surface area contributed by atoms with Gasteiger partial charge in [0.05, 0.1) is 5.52 Å². The first-order valence-electron chi connectivity index (χ1n) is 6.80. The van der Waals surface area contributed by atoms with E-state index in [2.05, 4.69) is 5.32 Å². The summed E-state index contributed by atoms with van der Waals surface area (Å²) in [4.78, 5) is 23.2. The molecule has 2 rings (SSSR count). The van der Waals surface area contributed by atoms with Crippen molar-refractivity contribution in [1.29, 1.82) is 0 Å². The first-order valence-corrected chi connectivity index (χ1v) is 6.80. The van der Waals surface area contributed by atoms with Crippen LogP contribution in [0.4, 0.5) is 5.69 Å². The zero-order valence-electron chi connectivity index (χ0n) is 12.1. The molecule has 0 aliphatic carbocycles. The molecule has 112 valence electrons. The second-order valence-corrected chi connectivity index (χ2v) is 5.07. The Balaban J connectivity index is 2.45. The normalized spacial score (nSPS) is 12.3. The van der Waals surface area contributed by atoms with Crippen LogP contribution in [0.25, 0.3) is 10.9 Å². The minimum Gasteiger partial charge on any atom is -0.477 e. The largest absolute Gasteiger partial charge is 0.477 e. The standard InChI is InChI=1S/C15H19N3O3/c1-3-9(16)7-17-10-4-5-11-13(6-10)18(2)8-12(14(11)19)15(20)21/h4-6,8-9,17H,3,7,16H2,1-2H3,(H,20,21). The van der Waals surface area contributed by atoms with Crippen molar-refractivity contribution < 1.29 is 9.90 Å². The molecule has 6 nitrogen and oxygen atoms in total. The SMILES string of the molecule is CCC(N)CNc1ccc2c(=O)c(C(=O)O)cn(C)c2c1. The van der Waals surface area contributed by atoms with E-state index in [4.69, 9.17) is 10.8 Å². The number of carboxylic acid groups (broad SMARTS) is 1. The average Bonchev–Trinajstić information content (AvgIpc) is 2.47. The number of hydrogen-bond acceptors (Lipinski definition) is 4. The Morgan fingerprint density at radius 3 is 2.81 bits per heavy atom. The van der Waals surface area contributed by atoms with Crippen LogP contribution in [-0.4, -0.2) is 28.2 Å². The van der Waals surface area contributed by atoms with E-state index in [-0.39, 0.29) is 11.6 Å². The monoisotopic (exact) mass is 289 g/mol. The number of carboxylic acids is 1. The van der Waals surface area contributed by atoms with Gasteiger partial charge in [-0.2, -0.15) is 0 Å². The zero-order valence-corrected chi connectivity index (χ0v) is 12.1. The van der Waals surface area contributed by atoms with Crippen LogP contribution in [0, 0.1) is 0 Å². The minimum absolute atomic E-state index is 0.0684. The van der Waals surface area contributed by atoms with Crippen molar-refractivity contribution >= 4 is 22.6 Å². The molecule has 1 aromatic carbocycles. The molecule has 0 bridgehead atoms. The molecular formula is C15H19N3O3. The third-order valence-corrected chi connectivity index (χ3v) is 3.51. The topological polar surface area (TPSA) is 97.3 Å². The molecule has 1 unspecified atom stereocenters. The van der Waals surface area contributed by atoms with Gasteiger partial charge in [-0.3, -0.25) is 4.79 Å². The lowest BCUT2D eigenvalue weighted by Gasteiger charge is -2.13. The molecule has 0 aliphatic heterocycles. The van der Waals surface area contributed by atoms with E-state index in [9.17, 15) is 9.59 Å². The maximum Gasteiger partial charge on any atom is 0.341 e. The van der Waals surface area contributed by atoms with Crippen LogP contribution < -0.4 is 16.5 Å². The maximum absolute atomic E-state index is 12.1. The number of anilines is 1. The van der Waals surface area contributed by atoms with Gasteiger partial charge in [0.15, 0.2) is 0 Å². The molecule has 4 N–H and O–H groups in total. The predicted molar refractivity (Wildman–Crippen MR) is 82.9 cm³/mol. The fourth-order valence-corrected chi connectivity index (χ4v) is 2.14. The molecular weight excluding hydrogens is 270 g/mol. The Labute approximate surface area is 122 Å². The van der Waals surface area contributed by atoms with E-state index in [0.717, 1.165) is 12.1 Å². The van der Waals surface area contributed by atoms with Crippen molar-refractivity contribution in [2.75, 3.05) is 11.9 Å². The number of nitrogens with one attached hydrogen (secondary N) is 1. The van der Waals surface area contributed by atoms with Gasteiger partial charge in [-0.1, -0.05) is 6.92 Å². The van der Waals surface area contributed by atoms with Crippen LogP contribution in [0.5, 0.6) is 0 Å². The third kappa shape index (κ3) is 3.05. The van der Waals surface area contributed by atoms with Gasteiger partial charge in [0, 0.05) is 36.9 Å². The second-order valence-electron chi connectivity index (χ2n) is 5.07. The number of nitrogens with zero attached hydrogens (tertiary/aromatic N) is 1. The Morgan fingerprint density at radius 1 is 1.48 bits per heavy atom. The molecule has 0 spiro atoms. The predicted octanol–water partition coefficient (Wildman–Crippen LogP) is 1.39. The summed E-state index contributed by atoms with van der Waals surface area (Å²) < 4.78 is 1.64. The Hall–Kier alpha value is -2.34. The number of pyridine rings is 1. The number of aromatic carboxylic acids is 1. The minimum atomic E-state index is -1.21. The molecule has 2 aromatic rings. The van der Waals surface area contributed by atoms with Crippen molar-refractivity contribution in [2.24, 2.45) is 12.8 Å². The maximum atomic E-state index is 12.1. The highest BCUT2D eigenvalue weighted by molar-refractivity contribution is 5.93. The molecule has 6 heteroatoms. The molecule has 0 saturated heterocycles. The van der Waals surface area contributed by atoms with Gasteiger partial charge in [-0.05, 0) is 24.6 Å². The van der Waals surface area contributed by atoms with Crippen molar-refractivity contribution in [2.45, 2.75) is 19.4 Å². The number of fused-ring (bicyclic) bond motifs is 1. The quantitative estimate of drug-likeness (QED) is 0.772. The van der Waals surface area contributed by atoms with Crippen molar-refractivity contribution in [3.05, 3.63) is 40.2 Å². The lowest BCUT2D eigenvalue weighted by Crippen LogP contribution is -2.28. The van der Waals surface area contributed by atoms with E-state index < -0.39 is 11.4 Å². The fraction of sp³-hybridized carbons (Fsp3) is 0.333. The summed E-state index contributed by atoms with van der Waals surface area (Å²) in [7, 11) is 1.72. The smallest absolute Gasteiger partial charge is 0.341 e. The van der Waals surface area contributed by atoms with Crippen LogP contribution in [0.15, 0.2) is 29.2 Å². The number of carbonyl (C=O) groups is 1. The lowest BCUT2D eigenvalue weighted by atomic mass is 10.1. The van der Waals surface area contributed by atoms with Crippen LogP contribution >= 0.6 is 0 Å². The number of aromatic nitrogens is 1. The van der Waals surface area contributed by atoms with Gasteiger partial charge in [0.1, 0.15) is 5.56 Å². The molecule has 0 amide bonds. The van der Waals surface area contributed by atoms with Crippen LogP contribution in [0.1, 0.15) is 23.7 Å². The summed E-state index contributed by atoms with van der Waals surface area (Å²) >= 11 is 0. The van der Waals surface area contributed by atoms with E-state index in [1.807, 2.05) is 13.0 Å². The highest BCUT2D eigenvalue weighted by Crippen LogP contribution is 2.17. The highest BCUT2D eigenvalue weighted by Gasteiger charge is 2.13. The van der Waals surface area contributed by atoms with E-state index >= 15 is 0 Å². The zero-order chi connectivity index (χ0) is 15.6. The fourth-order valence-electron chi connectivity index (χ4n) is 2.14. The van der Waals surface area contributed by atoms with E-state index in [0.29, 0.717) is 17.4 Å². The number of aryl methyl sites for hydroxylation is 1. The van der Waals surface area contributed by atoms with Gasteiger partial charge in [-0.15, -0.1) is 0 Å². The molecule has 1 aromatic heterocycles. The van der Waals surface area contributed by atoms with Gasteiger partial charge in [0.25, 0.3) is 0 Å². The van der Waals surface area contributed by atoms with Crippen molar-refractivity contribution in [3.63, 3.8) is 0 Å². The Morgan fingerprint density at radius 2 is 2.19 bits per heavy atom. The summed E-state index contributed by atoms with van der Waals surface area (Å²) in [5, 5.41) is 12.6. The molecule has 0 saturated carbocycles. The molecule has 1 atom stereocenters. The summed E-state index contributed by atoms with van der Waals surface area (Å²) in [6.07, 6.45) is 2.22. The van der Waals surface area contributed by atoms with Crippen LogP contribution in [0.2, 0.25) is 0 Å². The van der Waals surface area contributed by atoms with Crippen LogP contribution in [0.3, 0.4) is 0 Å². The number of rotatable bonds is 5. The number of nitrogens with two attached hydrogens (primary N) is 1. The third-order valence-electron chi connectivity index (χ3n) is 3.51. The van der Waals surface area contributed by atoms with Gasteiger partial charge >= 0.3 is 5.97 Å². The molecule has 21 heavy (non-hydrogen) atoms. The molecule has 0 radical (unpaired) electrons. The highest BCUT2D eigenvalue weighted by atomic mass is 16.4. The van der Waals surface area contributed by atoms with Crippen molar-refractivity contribution in [3.8, 4) is 0 Å². The average molecular weight is 289 g/mol. The van der Waals surface area contributed by atoms with Gasteiger partial charge in [-0.25, -0.2) is 4.79 Å². The lowest BCUT2D eigenvalue weighted by molar-refractivity contribution is 0.0695. The molecule has 0 fully saturated rings. The molecule has 1 heterocycles. The van der Waals surface area contributed by atoms with Crippen molar-refractivity contribution in [1.82, 2.24) is 4.57 Å². The van der Waals surface area contributed by atoms with E-state index in [1.165, 1.54) is 6.20 Å². The summed E-state index contributed by atoms with van der Waals surface area (Å²) in [5.74, 6) is -1.21. The summed E-state index contributed by atoms with van der Waals surface area (Å²) in [6, 6.07) is 5.30. The number of hydrogen-bond donors (Lipinski definition) is 3. The van der Waals surface area contributed by atoms with Gasteiger partial charge in [0.2, 0.25) is 5.43 Å². The second kappa shape index (κ2) is 5.97. The number of benzene rings is 1. The Kier molecular flexibility index (Phi) is 4.28. The first-order chi connectivity index (χ1) is 9.93. The summed E-state index contributed by atoms with van der Waals surface area (Å²) in [5.41, 5.74) is 6.70. The first kappa shape index (κ1) is 15.1. The van der Waals surface area contributed by atoms with Crippen LogP contribution in [-0.2, 0) is 7.05 Å².